The largest absolute Gasteiger partial charge is 0.346 e. The number of H-pyrrole nitrogens is 2. The molecule has 1 aromatic carbocycles. The first-order valence-corrected chi connectivity index (χ1v) is 11.5. The van der Waals surface area contributed by atoms with Crippen molar-refractivity contribution < 1.29 is 8.42 Å². The van der Waals surface area contributed by atoms with Crippen molar-refractivity contribution >= 4 is 48.0 Å². The van der Waals surface area contributed by atoms with E-state index in [9.17, 15) is 13.2 Å². The highest BCUT2D eigenvalue weighted by Gasteiger charge is 2.33. The first-order valence-electron chi connectivity index (χ1n) is 9.28. The molecule has 0 aliphatic carbocycles. The number of nitrogens with zero attached hydrogens (tertiary/aromatic N) is 3. The topological polar surface area (TPSA) is 104 Å². The van der Waals surface area contributed by atoms with Crippen molar-refractivity contribution in [3.8, 4) is 0 Å². The molecule has 0 radical (unpaired) electrons. The number of aromatic nitrogens is 4. The third-order valence-corrected chi connectivity index (χ3v) is 8.32. The Labute approximate surface area is 174 Å². The van der Waals surface area contributed by atoms with E-state index in [1.54, 1.807) is 41.2 Å². The van der Waals surface area contributed by atoms with Crippen LogP contribution in [0.5, 0.6) is 0 Å². The Morgan fingerprint density at radius 3 is 2.86 bits per heavy atom. The van der Waals surface area contributed by atoms with Crippen LogP contribution in [0.25, 0.3) is 22.1 Å². The van der Waals surface area contributed by atoms with E-state index in [0.717, 1.165) is 17.3 Å². The molecule has 4 aromatic rings. The van der Waals surface area contributed by atoms with Crippen molar-refractivity contribution in [3.05, 3.63) is 57.7 Å². The number of sulfonamides is 1. The quantitative estimate of drug-likeness (QED) is 0.475. The fourth-order valence-corrected chi connectivity index (χ4v) is 6.59. The Balaban J connectivity index is 1.59. The summed E-state index contributed by atoms with van der Waals surface area (Å²) in [4.78, 5) is 23.3. The Morgan fingerprint density at radius 2 is 2.03 bits per heavy atom. The van der Waals surface area contributed by atoms with E-state index in [4.69, 9.17) is 0 Å². The molecule has 1 atom stereocenters. The van der Waals surface area contributed by atoms with Gasteiger partial charge in [-0.1, -0.05) is 12.1 Å². The SMILES string of the molecule is O=c1[nH]c2cnc3[nH]ccc3c2n1[C@@H]1CCCN(S(=O)(=O)c2ccccc2Br)C1. The maximum absolute atomic E-state index is 13.2. The maximum Gasteiger partial charge on any atom is 0.326 e. The molecule has 0 bridgehead atoms. The van der Waals surface area contributed by atoms with Crippen LogP contribution in [0.4, 0.5) is 0 Å². The summed E-state index contributed by atoms with van der Waals surface area (Å²) in [6.45, 7) is 0.670. The molecule has 2 N–H and O–H groups in total. The van der Waals surface area contributed by atoms with Gasteiger partial charge in [-0.05, 0) is 47.0 Å². The van der Waals surface area contributed by atoms with E-state index in [1.165, 1.54) is 4.31 Å². The average molecular weight is 476 g/mol. The van der Waals surface area contributed by atoms with Crippen LogP contribution in [0.15, 0.2) is 56.9 Å². The molecule has 1 saturated heterocycles. The number of fused-ring (bicyclic) bond motifs is 3. The zero-order valence-electron chi connectivity index (χ0n) is 15.3. The van der Waals surface area contributed by atoms with Gasteiger partial charge in [-0.15, -0.1) is 0 Å². The Morgan fingerprint density at radius 1 is 1.21 bits per heavy atom. The summed E-state index contributed by atoms with van der Waals surface area (Å²) < 4.78 is 30.2. The Bertz CT molecular complexity index is 1390. The van der Waals surface area contributed by atoms with Crippen LogP contribution in [-0.2, 0) is 10.0 Å². The van der Waals surface area contributed by atoms with Crippen molar-refractivity contribution in [1.82, 2.24) is 23.8 Å². The fraction of sp³-hybridized carbons (Fsp3) is 0.263. The molecule has 0 amide bonds. The van der Waals surface area contributed by atoms with E-state index >= 15 is 0 Å². The molecule has 150 valence electrons. The second kappa shape index (κ2) is 6.82. The first kappa shape index (κ1) is 18.6. The lowest BCUT2D eigenvalue weighted by molar-refractivity contribution is 0.267. The standard InChI is InChI=1S/C19H18BrN5O3S/c20-14-5-1-2-6-16(14)29(27,28)24-9-3-4-12(11-24)25-17-13-7-8-21-18(13)22-10-15(17)23-19(25)26/h1-2,5-8,10,12H,3-4,9,11H2,(H,21,22)(H,23,26)/t12-/m1/s1. The van der Waals surface area contributed by atoms with Crippen LogP contribution in [0.1, 0.15) is 18.9 Å². The molecule has 29 heavy (non-hydrogen) atoms. The van der Waals surface area contributed by atoms with Crippen molar-refractivity contribution in [2.75, 3.05) is 13.1 Å². The highest BCUT2D eigenvalue weighted by atomic mass is 79.9. The summed E-state index contributed by atoms with van der Waals surface area (Å²) in [6, 6.07) is 8.42. The van der Waals surface area contributed by atoms with Crippen LogP contribution in [0.3, 0.4) is 0 Å². The lowest BCUT2D eigenvalue weighted by Gasteiger charge is -2.32. The lowest BCUT2D eigenvalue weighted by atomic mass is 10.1. The van der Waals surface area contributed by atoms with Crippen LogP contribution in [0.2, 0.25) is 0 Å². The van der Waals surface area contributed by atoms with E-state index < -0.39 is 10.0 Å². The minimum atomic E-state index is -3.67. The van der Waals surface area contributed by atoms with Gasteiger partial charge in [0.2, 0.25) is 10.0 Å². The summed E-state index contributed by atoms with van der Waals surface area (Å²) in [6.07, 6.45) is 4.81. The van der Waals surface area contributed by atoms with Gasteiger partial charge in [0.15, 0.2) is 0 Å². The number of aromatic amines is 2. The highest BCUT2D eigenvalue weighted by Crippen LogP contribution is 2.32. The number of halogens is 1. The van der Waals surface area contributed by atoms with Gasteiger partial charge in [-0.2, -0.15) is 4.31 Å². The molecule has 5 rings (SSSR count). The minimum Gasteiger partial charge on any atom is -0.346 e. The van der Waals surface area contributed by atoms with Gasteiger partial charge in [0.05, 0.1) is 28.2 Å². The predicted molar refractivity (Wildman–Crippen MR) is 113 cm³/mol. The molecular weight excluding hydrogens is 458 g/mol. The Kier molecular flexibility index (Phi) is 4.37. The molecule has 0 saturated carbocycles. The normalized spacial score (nSPS) is 18.6. The maximum atomic E-state index is 13.2. The van der Waals surface area contributed by atoms with Crippen molar-refractivity contribution in [3.63, 3.8) is 0 Å². The summed E-state index contributed by atoms with van der Waals surface area (Å²) in [7, 11) is -3.67. The minimum absolute atomic E-state index is 0.240. The third-order valence-electron chi connectivity index (χ3n) is 5.44. The average Bonchev–Trinajstić information content (AvgIpc) is 3.31. The van der Waals surface area contributed by atoms with E-state index in [-0.39, 0.29) is 23.2 Å². The molecule has 0 unspecified atom stereocenters. The Hall–Kier alpha value is -2.43. The molecule has 8 nitrogen and oxygen atoms in total. The van der Waals surface area contributed by atoms with Crippen LogP contribution >= 0.6 is 15.9 Å². The molecule has 10 heteroatoms. The van der Waals surface area contributed by atoms with E-state index in [2.05, 4.69) is 30.9 Å². The summed E-state index contributed by atoms with van der Waals surface area (Å²) in [5.41, 5.74) is 1.85. The van der Waals surface area contributed by atoms with Crippen LogP contribution in [0, 0.1) is 0 Å². The second-order valence-corrected chi connectivity index (χ2v) is 9.91. The summed E-state index contributed by atoms with van der Waals surface area (Å²) >= 11 is 3.34. The summed E-state index contributed by atoms with van der Waals surface area (Å²) in [5, 5.41) is 0.839. The van der Waals surface area contributed by atoms with E-state index in [1.807, 2.05) is 6.07 Å². The number of hydrogen-bond acceptors (Lipinski definition) is 4. The van der Waals surface area contributed by atoms with Crippen molar-refractivity contribution in [2.24, 2.45) is 0 Å². The lowest BCUT2D eigenvalue weighted by Crippen LogP contribution is -2.42. The third kappa shape index (κ3) is 2.93. The molecule has 0 spiro atoms. The zero-order valence-corrected chi connectivity index (χ0v) is 17.7. The van der Waals surface area contributed by atoms with Gasteiger partial charge in [0.25, 0.3) is 0 Å². The molecule has 4 heterocycles. The van der Waals surface area contributed by atoms with Gasteiger partial charge < -0.3 is 9.97 Å². The number of nitrogens with one attached hydrogen (secondary N) is 2. The number of piperidine rings is 1. The van der Waals surface area contributed by atoms with Gasteiger partial charge in [0, 0.05) is 29.1 Å². The number of benzene rings is 1. The van der Waals surface area contributed by atoms with Crippen molar-refractivity contribution in [2.45, 2.75) is 23.8 Å². The number of imidazole rings is 1. The molecule has 1 aliphatic rings. The van der Waals surface area contributed by atoms with Crippen LogP contribution in [-0.4, -0.2) is 45.3 Å². The van der Waals surface area contributed by atoms with E-state index in [0.29, 0.717) is 28.6 Å². The number of pyridine rings is 1. The highest BCUT2D eigenvalue weighted by molar-refractivity contribution is 9.10. The second-order valence-electron chi connectivity index (χ2n) is 7.15. The smallest absolute Gasteiger partial charge is 0.326 e. The van der Waals surface area contributed by atoms with Gasteiger partial charge in [-0.3, -0.25) is 4.57 Å². The molecule has 3 aromatic heterocycles. The van der Waals surface area contributed by atoms with Gasteiger partial charge in [-0.25, -0.2) is 18.2 Å². The molecular formula is C19H18BrN5O3S. The summed E-state index contributed by atoms with van der Waals surface area (Å²) in [5.74, 6) is 0. The zero-order chi connectivity index (χ0) is 20.2. The molecule has 1 fully saturated rings. The fourth-order valence-electron chi connectivity index (χ4n) is 4.11. The number of hydrogen-bond donors (Lipinski definition) is 2. The predicted octanol–water partition coefficient (Wildman–Crippen LogP) is 2.99. The van der Waals surface area contributed by atoms with Crippen LogP contribution < -0.4 is 5.69 Å². The number of rotatable bonds is 3. The van der Waals surface area contributed by atoms with Crippen molar-refractivity contribution in [1.29, 1.82) is 0 Å². The first-order chi connectivity index (χ1) is 14.0. The van der Waals surface area contributed by atoms with Gasteiger partial charge in [0.1, 0.15) is 5.65 Å². The van der Waals surface area contributed by atoms with Gasteiger partial charge >= 0.3 is 5.69 Å². The monoisotopic (exact) mass is 475 g/mol. The molecule has 1 aliphatic heterocycles.